The second-order valence-corrected chi connectivity index (χ2v) is 4.77. The molecule has 0 aliphatic rings. The summed E-state index contributed by atoms with van der Waals surface area (Å²) in [4.78, 5) is 4.33. The summed E-state index contributed by atoms with van der Waals surface area (Å²) in [6.07, 6.45) is 3.30. The molecule has 0 spiro atoms. The zero-order chi connectivity index (χ0) is 14.2. The Balaban J connectivity index is 1.75. The summed E-state index contributed by atoms with van der Waals surface area (Å²) in [6, 6.07) is 9.77. The van der Waals surface area contributed by atoms with Crippen LogP contribution in [0.1, 0.15) is 31.5 Å². The van der Waals surface area contributed by atoms with Gasteiger partial charge in [0.1, 0.15) is 5.75 Å². The van der Waals surface area contributed by atoms with E-state index in [1.807, 2.05) is 30.3 Å². The van der Waals surface area contributed by atoms with Crippen molar-refractivity contribution in [2.24, 2.45) is 5.73 Å². The van der Waals surface area contributed by atoms with Crippen LogP contribution in [0.5, 0.6) is 5.75 Å². The molecule has 0 fully saturated rings. The number of benzene rings is 1. The van der Waals surface area contributed by atoms with Crippen molar-refractivity contribution in [2.45, 2.75) is 38.6 Å². The Morgan fingerprint density at radius 3 is 2.85 bits per heavy atom. The molecule has 0 aliphatic carbocycles. The van der Waals surface area contributed by atoms with Gasteiger partial charge in [0.25, 0.3) is 0 Å². The minimum absolute atomic E-state index is 0.0915. The monoisotopic (exact) mass is 275 g/mol. The smallest absolute Gasteiger partial charge is 0.228 e. The van der Waals surface area contributed by atoms with Gasteiger partial charge in [0, 0.05) is 18.9 Å². The molecule has 1 atom stereocenters. The number of hydrogen-bond donors (Lipinski definition) is 1. The summed E-state index contributed by atoms with van der Waals surface area (Å²) in [5, 5.41) is 3.94. The zero-order valence-electron chi connectivity index (χ0n) is 11.8. The molecule has 2 aromatic rings. The van der Waals surface area contributed by atoms with Crippen molar-refractivity contribution in [3.05, 3.63) is 42.0 Å². The molecule has 0 aliphatic heterocycles. The number of nitrogens with zero attached hydrogens (tertiary/aromatic N) is 2. The van der Waals surface area contributed by atoms with Crippen molar-refractivity contribution >= 4 is 0 Å². The van der Waals surface area contributed by atoms with Gasteiger partial charge in [-0.25, -0.2) is 0 Å². The van der Waals surface area contributed by atoms with Gasteiger partial charge in [-0.15, -0.1) is 0 Å². The van der Waals surface area contributed by atoms with Crippen molar-refractivity contribution in [3.63, 3.8) is 0 Å². The van der Waals surface area contributed by atoms with Crippen molar-refractivity contribution in [2.75, 3.05) is 6.61 Å². The number of rotatable bonds is 8. The highest BCUT2D eigenvalue weighted by molar-refractivity contribution is 5.20. The Hall–Kier alpha value is -1.88. The number of hydrogen-bond acceptors (Lipinski definition) is 5. The molecule has 20 heavy (non-hydrogen) atoms. The van der Waals surface area contributed by atoms with E-state index >= 15 is 0 Å². The largest absolute Gasteiger partial charge is 0.493 e. The molecule has 5 nitrogen and oxygen atoms in total. The molecule has 1 heterocycles. The number of ether oxygens (including phenoxy) is 1. The summed E-state index contributed by atoms with van der Waals surface area (Å²) in [6.45, 7) is 2.64. The third kappa shape index (κ3) is 4.66. The molecule has 0 amide bonds. The maximum atomic E-state index is 5.95. The van der Waals surface area contributed by atoms with E-state index in [2.05, 4.69) is 17.1 Å². The lowest BCUT2D eigenvalue weighted by atomic mass is 10.1. The van der Waals surface area contributed by atoms with Gasteiger partial charge in [0.05, 0.1) is 6.61 Å². The highest BCUT2D eigenvalue weighted by Gasteiger charge is 2.10. The maximum Gasteiger partial charge on any atom is 0.228 e. The SMILES string of the molecule is CCCC(N)Cc1nc(CCOc2ccccc2)no1. The lowest BCUT2D eigenvalue weighted by Gasteiger charge is -2.05. The number of aromatic nitrogens is 2. The van der Waals surface area contributed by atoms with E-state index in [0.29, 0.717) is 31.2 Å². The second kappa shape index (κ2) is 7.65. The fourth-order valence-corrected chi connectivity index (χ4v) is 1.95. The normalized spacial score (nSPS) is 12.3. The highest BCUT2D eigenvalue weighted by Crippen LogP contribution is 2.09. The first-order valence-corrected chi connectivity index (χ1v) is 7.03. The maximum absolute atomic E-state index is 5.95. The van der Waals surface area contributed by atoms with Crippen LogP contribution in [0.4, 0.5) is 0 Å². The minimum Gasteiger partial charge on any atom is -0.493 e. The van der Waals surface area contributed by atoms with E-state index in [9.17, 15) is 0 Å². The third-order valence-electron chi connectivity index (χ3n) is 2.94. The molecule has 1 aromatic carbocycles. The van der Waals surface area contributed by atoms with Crippen molar-refractivity contribution in [3.8, 4) is 5.75 Å². The highest BCUT2D eigenvalue weighted by atomic mass is 16.5. The van der Waals surface area contributed by atoms with Gasteiger partial charge in [-0.2, -0.15) is 4.98 Å². The average molecular weight is 275 g/mol. The van der Waals surface area contributed by atoms with Crippen molar-refractivity contribution < 1.29 is 9.26 Å². The van der Waals surface area contributed by atoms with Crippen LogP contribution in [0.2, 0.25) is 0 Å². The molecule has 0 bridgehead atoms. The predicted molar refractivity (Wildman–Crippen MR) is 76.5 cm³/mol. The lowest BCUT2D eigenvalue weighted by Crippen LogP contribution is -2.22. The third-order valence-corrected chi connectivity index (χ3v) is 2.94. The first-order valence-electron chi connectivity index (χ1n) is 7.03. The molecule has 2 N–H and O–H groups in total. The van der Waals surface area contributed by atoms with E-state index in [4.69, 9.17) is 15.0 Å². The molecule has 1 aromatic heterocycles. The second-order valence-electron chi connectivity index (χ2n) is 4.77. The number of nitrogens with two attached hydrogens (primary N) is 1. The van der Waals surface area contributed by atoms with E-state index < -0.39 is 0 Å². The Morgan fingerprint density at radius 2 is 2.10 bits per heavy atom. The van der Waals surface area contributed by atoms with Crippen LogP contribution < -0.4 is 10.5 Å². The summed E-state index contributed by atoms with van der Waals surface area (Å²) < 4.78 is 10.8. The topological polar surface area (TPSA) is 74.2 Å². The van der Waals surface area contributed by atoms with E-state index in [1.165, 1.54) is 0 Å². The Morgan fingerprint density at radius 1 is 1.30 bits per heavy atom. The standard InChI is InChI=1S/C15H21N3O2/c1-2-6-12(16)11-15-17-14(18-20-15)9-10-19-13-7-4-3-5-8-13/h3-5,7-8,12H,2,6,9-11,16H2,1H3. The van der Waals surface area contributed by atoms with E-state index in [0.717, 1.165) is 18.6 Å². The fourth-order valence-electron chi connectivity index (χ4n) is 1.95. The van der Waals surface area contributed by atoms with Crippen LogP contribution in [0.3, 0.4) is 0 Å². The van der Waals surface area contributed by atoms with E-state index in [1.54, 1.807) is 0 Å². The first kappa shape index (κ1) is 14.5. The van der Waals surface area contributed by atoms with Crippen LogP contribution in [0, 0.1) is 0 Å². The predicted octanol–water partition coefficient (Wildman–Crippen LogP) is 2.36. The zero-order valence-corrected chi connectivity index (χ0v) is 11.8. The number of para-hydroxylation sites is 1. The van der Waals surface area contributed by atoms with Crippen LogP contribution in [0.25, 0.3) is 0 Å². The van der Waals surface area contributed by atoms with Crippen LogP contribution in [0.15, 0.2) is 34.9 Å². The molecule has 0 saturated carbocycles. The molecular formula is C15H21N3O2. The van der Waals surface area contributed by atoms with Crippen LogP contribution >= 0.6 is 0 Å². The molecule has 0 radical (unpaired) electrons. The van der Waals surface area contributed by atoms with Gasteiger partial charge < -0.3 is 15.0 Å². The average Bonchev–Trinajstić information content (AvgIpc) is 2.88. The fraction of sp³-hybridized carbons (Fsp3) is 0.467. The molecule has 2 rings (SSSR count). The van der Waals surface area contributed by atoms with Gasteiger partial charge in [-0.05, 0) is 18.6 Å². The molecule has 1 unspecified atom stereocenters. The summed E-state index contributed by atoms with van der Waals surface area (Å²) in [7, 11) is 0. The summed E-state index contributed by atoms with van der Waals surface area (Å²) in [5.41, 5.74) is 5.95. The Labute approximate surface area is 119 Å². The minimum atomic E-state index is 0.0915. The van der Waals surface area contributed by atoms with Crippen molar-refractivity contribution in [1.82, 2.24) is 10.1 Å². The molecule has 108 valence electrons. The molecule has 5 heteroatoms. The van der Waals surface area contributed by atoms with Crippen LogP contribution in [-0.4, -0.2) is 22.8 Å². The molecular weight excluding hydrogens is 254 g/mol. The van der Waals surface area contributed by atoms with Crippen LogP contribution in [-0.2, 0) is 12.8 Å². The summed E-state index contributed by atoms with van der Waals surface area (Å²) >= 11 is 0. The molecule has 0 saturated heterocycles. The van der Waals surface area contributed by atoms with Crippen molar-refractivity contribution in [1.29, 1.82) is 0 Å². The lowest BCUT2D eigenvalue weighted by molar-refractivity contribution is 0.313. The Bertz CT molecular complexity index is 499. The Kier molecular flexibility index (Phi) is 5.55. The van der Waals surface area contributed by atoms with Gasteiger partial charge in [0.15, 0.2) is 5.82 Å². The van der Waals surface area contributed by atoms with Gasteiger partial charge in [-0.3, -0.25) is 0 Å². The van der Waals surface area contributed by atoms with Gasteiger partial charge in [-0.1, -0.05) is 36.7 Å². The summed E-state index contributed by atoms with van der Waals surface area (Å²) in [5.74, 6) is 2.13. The van der Waals surface area contributed by atoms with Gasteiger partial charge in [0.2, 0.25) is 5.89 Å². The first-order chi connectivity index (χ1) is 9.78. The van der Waals surface area contributed by atoms with Gasteiger partial charge >= 0.3 is 0 Å². The van der Waals surface area contributed by atoms with E-state index in [-0.39, 0.29) is 6.04 Å². The quantitative estimate of drug-likeness (QED) is 0.800.